The number of carbonyl (C=O) groups is 1. The molecule has 3 rings (SSSR count). The Hall–Kier alpha value is -1.38. The molecule has 0 aliphatic carbocycles. The smallest absolute Gasteiger partial charge is 0.236 e. The number of hydrogen-bond donors (Lipinski definition) is 1. The molecule has 0 spiro atoms. The van der Waals surface area contributed by atoms with Crippen LogP contribution in [0, 0.1) is 0 Å². The molecule has 3 aliphatic heterocycles. The first kappa shape index (κ1) is 23.3. The molecule has 8 heteroatoms. The maximum atomic E-state index is 12.4. The normalized spacial score (nSPS) is 22.4. The largest absolute Gasteiger partial charge is 0.378 e. The van der Waals surface area contributed by atoms with Crippen molar-refractivity contribution in [2.75, 3.05) is 92.3 Å². The fraction of sp³-hybridized carbons (Fsp3) is 0.909. The third-order valence-corrected chi connectivity index (χ3v) is 6.49. The molecule has 0 unspecified atom stereocenters. The number of nitrogens with zero attached hydrogens (tertiary/aromatic N) is 5. The number of aliphatic imine (C=N–C) groups is 1. The number of nitrogens with one attached hydrogen (secondary N) is 1. The van der Waals surface area contributed by atoms with Crippen LogP contribution >= 0.6 is 0 Å². The lowest BCUT2D eigenvalue weighted by Gasteiger charge is -2.37. The second-order valence-corrected chi connectivity index (χ2v) is 8.69. The van der Waals surface area contributed by atoms with Gasteiger partial charge in [0.1, 0.15) is 0 Å². The number of carbonyl (C=O) groups excluding carboxylic acids is 1. The van der Waals surface area contributed by atoms with Crippen molar-refractivity contribution in [1.29, 1.82) is 0 Å². The Labute approximate surface area is 182 Å². The number of amides is 1. The van der Waals surface area contributed by atoms with E-state index in [0.29, 0.717) is 19.8 Å². The lowest BCUT2D eigenvalue weighted by Crippen LogP contribution is -2.55. The Bertz CT molecular complexity index is 524. The van der Waals surface area contributed by atoms with E-state index in [4.69, 9.17) is 4.74 Å². The maximum Gasteiger partial charge on any atom is 0.236 e. The summed E-state index contributed by atoms with van der Waals surface area (Å²) in [4.78, 5) is 26.1. The summed E-state index contributed by atoms with van der Waals surface area (Å²) >= 11 is 0. The van der Waals surface area contributed by atoms with Crippen LogP contribution in [0.1, 0.15) is 38.5 Å². The molecule has 8 nitrogen and oxygen atoms in total. The van der Waals surface area contributed by atoms with Crippen LogP contribution in [0.4, 0.5) is 0 Å². The predicted molar refractivity (Wildman–Crippen MR) is 121 cm³/mol. The summed E-state index contributed by atoms with van der Waals surface area (Å²) in [5, 5.41) is 3.54. The summed E-state index contributed by atoms with van der Waals surface area (Å²) in [6.07, 6.45) is 7.95. The average molecular weight is 423 g/mol. The summed E-state index contributed by atoms with van der Waals surface area (Å²) in [7, 11) is 1.87. The lowest BCUT2D eigenvalue weighted by atomic mass is 10.1. The molecule has 172 valence electrons. The zero-order valence-electron chi connectivity index (χ0n) is 19.0. The number of likely N-dealkylation sites (tertiary alicyclic amines) is 1. The highest BCUT2D eigenvalue weighted by Gasteiger charge is 2.24. The first-order chi connectivity index (χ1) is 14.8. The van der Waals surface area contributed by atoms with Gasteiger partial charge in [0.2, 0.25) is 5.91 Å². The van der Waals surface area contributed by atoms with Crippen molar-refractivity contribution >= 4 is 11.9 Å². The minimum Gasteiger partial charge on any atom is -0.378 e. The third-order valence-electron chi connectivity index (χ3n) is 6.49. The van der Waals surface area contributed by atoms with Crippen LogP contribution in [-0.2, 0) is 9.53 Å². The Balaban J connectivity index is 1.25. The van der Waals surface area contributed by atoms with Gasteiger partial charge in [-0.05, 0) is 45.3 Å². The number of ether oxygens (including phenoxy) is 1. The zero-order chi connectivity index (χ0) is 21.0. The summed E-state index contributed by atoms with van der Waals surface area (Å²) < 4.78 is 5.34. The molecule has 0 aromatic heterocycles. The van der Waals surface area contributed by atoms with Crippen molar-refractivity contribution in [3.63, 3.8) is 0 Å². The first-order valence-electron chi connectivity index (χ1n) is 12.0. The lowest BCUT2D eigenvalue weighted by molar-refractivity contribution is -0.136. The second-order valence-electron chi connectivity index (χ2n) is 8.69. The Morgan fingerprint density at radius 3 is 2.27 bits per heavy atom. The van der Waals surface area contributed by atoms with E-state index < -0.39 is 0 Å². The number of guanidine groups is 1. The van der Waals surface area contributed by atoms with E-state index in [1.807, 2.05) is 11.9 Å². The first-order valence-corrected chi connectivity index (χ1v) is 12.0. The third kappa shape index (κ3) is 7.71. The number of hydrogen-bond acceptors (Lipinski definition) is 5. The van der Waals surface area contributed by atoms with E-state index >= 15 is 0 Å². The van der Waals surface area contributed by atoms with Crippen LogP contribution in [0.25, 0.3) is 0 Å². The van der Waals surface area contributed by atoms with Gasteiger partial charge in [-0.15, -0.1) is 0 Å². The summed E-state index contributed by atoms with van der Waals surface area (Å²) in [6.45, 7) is 11.8. The van der Waals surface area contributed by atoms with Gasteiger partial charge in [-0.1, -0.05) is 12.8 Å². The van der Waals surface area contributed by atoms with Crippen LogP contribution < -0.4 is 5.32 Å². The minimum atomic E-state index is 0.235. The van der Waals surface area contributed by atoms with Gasteiger partial charge in [0, 0.05) is 52.9 Å². The van der Waals surface area contributed by atoms with Crippen LogP contribution in [0.15, 0.2) is 4.99 Å². The quantitative estimate of drug-likeness (QED) is 0.353. The van der Waals surface area contributed by atoms with Gasteiger partial charge in [-0.25, -0.2) is 0 Å². The fourth-order valence-corrected chi connectivity index (χ4v) is 4.57. The van der Waals surface area contributed by atoms with Gasteiger partial charge in [0.25, 0.3) is 0 Å². The molecule has 0 aromatic rings. The molecule has 0 saturated carbocycles. The Kier molecular flexibility index (Phi) is 10.2. The molecule has 3 fully saturated rings. The molecule has 0 atom stereocenters. The molecule has 3 saturated heterocycles. The van der Waals surface area contributed by atoms with Crippen LogP contribution in [0.3, 0.4) is 0 Å². The van der Waals surface area contributed by atoms with Gasteiger partial charge in [-0.3, -0.25) is 14.7 Å². The molecule has 0 radical (unpaired) electrons. The highest BCUT2D eigenvalue weighted by atomic mass is 16.5. The second kappa shape index (κ2) is 13.1. The molecule has 0 bridgehead atoms. The van der Waals surface area contributed by atoms with Crippen molar-refractivity contribution in [2.45, 2.75) is 38.5 Å². The van der Waals surface area contributed by atoms with E-state index in [2.05, 4.69) is 25.0 Å². The van der Waals surface area contributed by atoms with Crippen molar-refractivity contribution in [2.24, 2.45) is 4.99 Å². The molecule has 1 N–H and O–H groups in total. The van der Waals surface area contributed by atoms with Crippen LogP contribution in [0.5, 0.6) is 0 Å². The number of piperidine rings is 1. The number of morpholine rings is 1. The van der Waals surface area contributed by atoms with Gasteiger partial charge in [0.05, 0.1) is 19.8 Å². The summed E-state index contributed by atoms with van der Waals surface area (Å²) in [5.41, 5.74) is 0. The van der Waals surface area contributed by atoms with Gasteiger partial charge in [-0.2, -0.15) is 0 Å². The fourth-order valence-electron chi connectivity index (χ4n) is 4.57. The SMILES string of the molecule is CN=C(NCCCCCN1CCCCC1)N1CCN(CC(=O)N2CCOCC2)CC1. The Morgan fingerprint density at radius 1 is 0.833 bits per heavy atom. The standard InChI is InChI=1S/C22H42N6O2/c1-23-22(24-8-4-2-5-9-25-10-6-3-7-11-25)28-14-12-26(13-15-28)20-21(29)27-16-18-30-19-17-27/h2-20H2,1H3,(H,23,24). The molecular weight excluding hydrogens is 380 g/mol. The minimum absolute atomic E-state index is 0.235. The van der Waals surface area contributed by atoms with Crippen molar-refractivity contribution < 1.29 is 9.53 Å². The van der Waals surface area contributed by atoms with Gasteiger partial charge >= 0.3 is 0 Å². The van der Waals surface area contributed by atoms with Crippen LogP contribution in [-0.4, -0.2) is 124 Å². The molecular formula is C22H42N6O2. The highest BCUT2D eigenvalue weighted by Crippen LogP contribution is 2.10. The predicted octanol–water partition coefficient (Wildman–Crippen LogP) is 0.694. The molecule has 3 aliphatic rings. The summed E-state index contributed by atoms with van der Waals surface area (Å²) in [6, 6.07) is 0. The number of unbranched alkanes of at least 4 members (excludes halogenated alkanes) is 2. The number of piperazine rings is 1. The topological polar surface area (TPSA) is 63.7 Å². The number of rotatable bonds is 8. The Morgan fingerprint density at radius 2 is 1.57 bits per heavy atom. The van der Waals surface area contributed by atoms with Crippen molar-refractivity contribution in [3.8, 4) is 0 Å². The van der Waals surface area contributed by atoms with Gasteiger partial charge < -0.3 is 24.8 Å². The van der Waals surface area contributed by atoms with E-state index in [1.54, 1.807) is 0 Å². The zero-order valence-corrected chi connectivity index (χ0v) is 19.0. The molecule has 30 heavy (non-hydrogen) atoms. The maximum absolute atomic E-state index is 12.4. The highest BCUT2D eigenvalue weighted by molar-refractivity contribution is 5.80. The monoisotopic (exact) mass is 422 g/mol. The van der Waals surface area contributed by atoms with Crippen molar-refractivity contribution in [1.82, 2.24) is 24.9 Å². The van der Waals surface area contributed by atoms with E-state index in [0.717, 1.165) is 51.8 Å². The van der Waals surface area contributed by atoms with E-state index in [9.17, 15) is 4.79 Å². The van der Waals surface area contributed by atoms with E-state index in [1.165, 1.54) is 58.2 Å². The van der Waals surface area contributed by atoms with Crippen molar-refractivity contribution in [3.05, 3.63) is 0 Å². The van der Waals surface area contributed by atoms with E-state index in [-0.39, 0.29) is 5.91 Å². The van der Waals surface area contributed by atoms with Crippen LogP contribution in [0.2, 0.25) is 0 Å². The average Bonchev–Trinajstić information content (AvgIpc) is 2.80. The molecule has 0 aromatic carbocycles. The van der Waals surface area contributed by atoms with Gasteiger partial charge in [0.15, 0.2) is 5.96 Å². The summed E-state index contributed by atoms with van der Waals surface area (Å²) in [5.74, 6) is 1.24. The molecule has 3 heterocycles. The molecule has 1 amide bonds.